The quantitative estimate of drug-likeness (QED) is 0.395. The summed E-state index contributed by atoms with van der Waals surface area (Å²) in [6.45, 7) is 5.29. The van der Waals surface area contributed by atoms with E-state index in [1.165, 1.54) is 4.57 Å². The Morgan fingerprint density at radius 1 is 1.19 bits per heavy atom. The first kappa shape index (κ1) is 21.7. The summed E-state index contributed by atoms with van der Waals surface area (Å²) in [6.07, 6.45) is -2.04. The molecule has 3 aromatic rings. The summed E-state index contributed by atoms with van der Waals surface area (Å²) in [7, 11) is 0. The molecule has 0 bridgehead atoms. The smallest absolute Gasteiger partial charge is 0.419 e. The van der Waals surface area contributed by atoms with Crippen molar-refractivity contribution in [1.82, 2.24) is 4.57 Å². The molecule has 0 fully saturated rings. The number of aliphatic hydroxyl groups excluding tert-OH is 1. The van der Waals surface area contributed by atoms with Gasteiger partial charge in [0.15, 0.2) is 6.10 Å². The van der Waals surface area contributed by atoms with Gasteiger partial charge in [0.2, 0.25) is 0 Å². The monoisotopic (exact) mass is 460 g/mol. The van der Waals surface area contributed by atoms with Crippen molar-refractivity contribution in [3.05, 3.63) is 74.8 Å². The molecule has 1 aliphatic rings. The number of carbonyl (C=O) groups is 1. The molecule has 0 radical (unpaired) electrons. The maximum Gasteiger partial charge on any atom is 0.419 e. The Kier molecular flexibility index (Phi) is 5.49. The number of fused-ring (bicyclic) bond motifs is 3. The Hall–Kier alpha value is -2.55. The van der Waals surface area contributed by atoms with Crippen LogP contribution >= 0.6 is 23.4 Å². The number of benzene rings is 2. The van der Waals surface area contributed by atoms with Gasteiger partial charge in [-0.05, 0) is 38.5 Å². The van der Waals surface area contributed by atoms with Crippen molar-refractivity contribution in [2.24, 2.45) is 0 Å². The van der Waals surface area contributed by atoms with Crippen molar-refractivity contribution < 1.29 is 19.6 Å². The number of ether oxygens (including phenoxy) is 1. The first-order chi connectivity index (χ1) is 14.6. The average molecular weight is 461 g/mol. The minimum atomic E-state index is -1.43. The van der Waals surface area contributed by atoms with Crippen LogP contribution in [0.4, 0.5) is 4.79 Å². The molecule has 3 atom stereocenters. The molecule has 1 aliphatic heterocycles. The molecule has 0 amide bonds. The van der Waals surface area contributed by atoms with Crippen LogP contribution in [0.5, 0.6) is 0 Å². The lowest BCUT2D eigenvalue weighted by molar-refractivity contribution is -0.536. The molecular weight excluding hydrogens is 440 g/mol. The Labute approximate surface area is 188 Å². The van der Waals surface area contributed by atoms with Gasteiger partial charge in [0, 0.05) is 20.9 Å². The first-order valence-electron chi connectivity index (χ1n) is 9.69. The number of nitrogens with zero attached hydrogens (tertiary/aromatic N) is 2. The Balaban J connectivity index is 1.96. The standard InChI is InChI=1S/C22H21ClN2O5S/c1-22(2,3)30-21(27)24-15-11-7-5-9-13(15)16-18(26)17(25(28)29)19(31-20(16)24)12-8-4-6-10-14(12)23/h4-11,17-19,26H,1-3H3/t17-,18-,19+/m0/s1. The number of aromatic nitrogens is 1. The zero-order chi connectivity index (χ0) is 22.5. The van der Waals surface area contributed by atoms with E-state index in [-0.39, 0.29) is 0 Å². The number of thioether (sulfide) groups is 1. The first-order valence-corrected chi connectivity index (χ1v) is 10.9. The van der Waals surface area contributed by atoms with Crippen LogP contribution in [0.3, 0.4) is 0 Å². The number of hydrogen-bond donors (Lipinski definition) is 1. The van der Waals surface area contributed by atoms with E-state index in [0.717, 1.165) is 11.8 Å². The van der Waals surface area contributed by atoms with Crippen LogP contribution in [0.1, 0.15) is 43.3 Å². The summed E-state index contributed by atoms with van der Waals surface area (Å²) in [5.74, 6) is 0. The van der Waals surface area contributed by atoms with Crippen LogP contribution in [0.15, 0.2) is 53.6 Å². The number of rotatable bonds is 2. The Morgan fingerprint density at radius 3 is 2.48 bits per heavy atom. The molecular formula is C22H21ClN2O5S. The molecule has 0 spiro atoms. The van der Waals surface area contributed by atoms with Crippen LogP contribution < -0.4 is 0 Å². The van der Waals surface area contributed by atoms with Gasteiger partial charge in [-0.2, -0.15) is 0 Å². The summed E-state index contributed by atoms with van der Waals surface area (Å²) >= 11 is 7.50. The van der Waals surface area contributed by atoms with E-state index >= 15 is 0 Å². The second-order valence-corrected chi connectivity index (χ2v) is 9.87. The molecule has 0 saturated heterocycles. The fourth-order valence-electron chi connectivity index (χ4n) is 3.84. The third-order valence-corrected chi connectivity index (χ3v) is 6.82. The zero-order valence-electron chi connectivity index (χ0n) is 17.1. The SMILES string of the molecule is CC(C)(C)OC(=O)n1c2c(c3ccccc31)[C@H](O)[C@H]([N+](=O)[O-])[C@@H](c1ccccc1Cl)S2. The Bertz CT molecular complexity index is 1190. The molecule has 2 aromatic carbocycles. The summed E-state index contributed by atoms with van der Waals surface area (Å²) in [4.78, 5) is 24.7. The summed E-state index contributed by atoms with van der Waals surface area (Å²) in [5.41, 5.74) is 0.673. The van der Waals surface area contributed by atoms with Gasteiger partial charge in [-0.15, -0.1) is 0 Å². The van der Waals surface area contributed by atoms with Crippen molar-refractivity contribution in [3.8, 4) is 0 Å². The highest BCUT2D eigenvalue weighted by Gasteiger charge is 2.49. The topological polar surface area (TPSA) is 94.6 Å². The van der Waals surface area contributed by atoms with Crippen molar-refractivity contribution in [1.29, 1.82) is 0 Å². The minimum Gasteiger partial charge on any atom is -0.443 e. The molecule has 1 N–H and O–H groups in total. The highest BCUT2D eigenvalue weighted by atomic mass is 35.5. The predicted molar refractivity (Wildman–Crippen MR) is 119 cm³/mol. The van der Waals surface area contributed by atoms with Crippen LogP contribution in [0, 0.1) is 10.1 Å². The molecule has 0 aliphatic carbocycles. The number of aliphatic hydroxyl groups is 1. The predicted octanol–water partition coefficient (Wildman–Crippen LogP) is 5.60. The van der Waals surface area contributed by atoms with E-state index in [2.05, 4.69) is 0 Å². The maximum absolute atomic E-state index is 13.1. The highest BCUT2D eigenvalue weighted by molar-refractivity contribution is 7.99. The number of halogens is 1. The molecule has 0 saturated carbocycles. The minimum absolute atomic E-state index is 0.358. The lowest BCUT2D eigenvalue weighted by Gasteiger charge is -2.31. The van der Waals surface area contributed by atoms with E-state index in [1.807, 2.05) is 0 Å². The molecule has 7 nitrogen and oxygen atoms in total. The number of carbonyl (C=O) groups excluding carboxylic acids is 1. The van der Waals surface area contributed by atoms with Gasteiger partial charge in [0.25, 0.3) is 6.04 Å². The van der Waals surface area contributed by atoms with Gasteiger partial charge in [-0.25, -0.2) is 9.36 Å². The molecule has 0 unspecified atom stereocenters. The summed E-state index contributed by atoms with van der Waals surface area (Å²) in [6, 6.07) is 12.5. The van der Waals surface area contributed by atoms with Crippen molar-refractivity contribution in [2.75, 3.05) is 0 Å². The van der Waals surface area contributed by atoms with Crippen molar-refractivity contribution in [2.45, 2.75) is 48.8 Å². The van der Waals surface area contributed by atoms with Crippen LogP contribution in [-0.2, 0) is 4.74 Å². The van der Waals surface area contributed by atoms with E-state index in [9.17, 15) is 20.0 Å². The normalized spacial score (nSPS) is 21.0. The molecule has 1 aromatic heterocycles. The largest absolute Gasteiger partial charge is 0.443 e. The highest BCUT2D eigenvalue weighted by Crippen LogP contribution is 2.54. The van der Waals surface area contributed by atoms with Gasteiger partial charge in [-0.3, -0.25) is 10.1 Å². The lowest BCUT2D eigenvalue weighted by atomic mass is 9.95. The van der Waals surface area contributed by atoms with E-state index < -0.39 is 34.0 Å². The van der Waals surface area contributed by atoms with Gasteiger partial charge in [0.1, 0.15) is 10.9 Å². The fourth-order valence-corrected chi connectivity index (χ4v) is 5.75. The molecule has 4 rings (SSSR count). The number of para-hydroxylation sites is 1. The van der Waals surface area contributed by atoms with Crippen molar-refractivity contribution in [3.63, 3.8) is 0 Å². The molecule has 31 heavy (non-hydrogen) atoms. The summed E-state index contributed by atoms with van der Waals surface area (Å²) < 4.78 is 6.99. The van der Waals surface area contributed by atoms with Crippen LogP contribution in [0.2, 0.25) is 5.02 Å². The Morgan fingerprint density at radius 2 is 1.84 bits per heavy atom. The van der Waals surface area contributed by atoms with Gasteiger partial charge >= 0.3 is 6.09 Å². The third-order valence-electron chi connectivity index (χ3n) is 5.07. The fraction of sp³-hybridized carbons (Fsp3) is 0.318. The van der Waals surface area contributed by atoms with Gasteiger partial charge < -0.3 is 9.84 Å². The second-order valence-electron chi connectivity index (χ2n) is 8.33. The van der Waals surface area contributed by atoms with E-state index in [1.54, 1.807) is 69.3 Å². The van der Waals surface area contributed by atoms with E-state index in [0.29, 0.717) is 32.1 Å². The lowest BCUT2D eigenvalue weighted by Crippen LogP contribution is -2.36. The molecule has 162 valence electrons. The molecule has 2 heterocycles. The molecule has 9 heteroatoms. The number of hydrogen-bond acceptors (Lipinski definition) is 6. The van der Waals surface area contributed by atoms with Crippen molar-refractivity contribution >= 4 is 40.4 Å². The van der Waals surface area contributed by atoms with E-state index in [4.69, 9.17) is 16.3 Å². The van der Waals surface area contributed by atoms with Crippen LogP contribution in [-0.4, -0.2) is 32.3 Å². The second kappa shape index (κ2) is 7.85. The number of nitro groups is 1. The van der Waals surface area contributed by atoms with Gasteiger partial charge in [0.05, 0.1) is 10.5 Å². The zero-order valence-corrected chi connectivity index (χ0v) is 18.7. The average Bonchev–Trinajstić information content (AvgIpc) is 3.01. The third kappa shape index (κ3) is 3.79. The van der Waals surface area contributed by atoms with Crippen LogP contribution in [0.25, 0.3) is 10.9 Å². The summed E-state index contributed by atoms with van der Waals surface area (Å²) in [5, 5.41) is 23.8. The van der Waals surface area contributed by atoms with Gasteiger partial charge in [-0.1, -0.05) is 59.8 Å². The maximum atomic E-state index is 13.1.